The zero-order chi connectivity index (χ0) is 14.6. The molecule has 0 spiro atoms. The van der Waals surface area contributed by atoms with Crippen LogP contribution in [0, 0.1) is 11.3 Å². The summed E-state index contributed by atoms with van der Waals surface area (Å²) in [6, 6.07) is 8.22. The fourth-order valence-electron chi connectivity index (χ4n) is 3.57. The van der Waals surface area contributed by atoms with Crippen molar-refractivity contribution in [3.05, 3.63) is 35.4 Å². The van der Waals surface area contributed by atoms with Gasteiger partial charge in [0.25, 0.3) is 0 Å². The van der Waals surface area contributed by atoms with Crippen molar-refractivity contribution in [1.29, 1.82) is 0 Å². The number of unbranched alkanes of at least 4 members (excludes halogenated alkanes) is 1. The van der Waals surface area contributed by atoms with E-state index >= 15 is 0 Å². The van der Waals surface area contributed by atoms with Gasteiger partial charge in [-0.1, -0.05) is 63.8 Å². The molecule has 0 saturated carbocycles. The van der Waals surface area contributed by atoms with Gasteiger partial charge in [-0.05, 0) is 36.3 Å². The molecule has 1 atom stereocenters. The Kier molecular flexibility index (Phi) is 4.85. The molecule has 1 unspecified atom stereocenters. The lowest BCUT2D eigenvalue weighted by Gasteiger charge is -2.28. The second-order valence-electron chi connectivity index (χ2n) is 6.33. The van der Waals surface area contributed by atoms with Crippen molar-refractivity contribution in [2.45, 2.75) is 58.8 Å². The van der Waals surface area contributed by atoms with Crippen LogP contribution in [0.25, 0.3) is 0 Å². The summed E-state index contributed by atoms with van der Waals surface area (Å²) in [4.78, 5) is 11.9. The Labute approximate surface area is 122 Å². The molecule has 0 aromatic heterocycles. The van der Waals surface area contributed by atoms with Gasteiger partial charge in [-0.3, -0.25) is 4.79 Å². The number of rotatable bonds is 7. The van der Waals surface area contributed by atoms with Crippen molar-refractivity contribution in [2.75, 3.05) is 0 Å². The summed E-state index contributed by atoms with van der Waals surface area (Å²) in [5.74, 6) is -0.0657. The molecule has 0 amide bonds. The SMILES string of the molecule is CCCCC(CC)CC1(C(=O)O)Cc2ccccc2C1. The second-order valence-corrected chi connectivity index (χ2v) is 6.33. The van der Waals surface area contributed by atoms with E-state index in [4.69, 9.17) is 0 Å². The summed E-state index contributed by atoms with van der Waals surface area (Å²) in [6.45, 7) is 4.39. The molecule has 1 aliphatic carbocycles. The molecule has 0 aliphatic heterocycles. The van der Waals surface area contributed by atoms with Gasteiger partial charge >= 0.3 is 5.97 Å². The van der Waals surface area contributed by atoms with Gasteiger partial charge in [0, 0.05) is 0 Å². The molecule has 1 aromatic carbocycles. The fraction of sp³-hybridized carbons (Fsp3) is 0.611. The van der Waals surface area contributed by atoms with Crippen LogP contribution in [0.15, 0.2) is 24.3 Å². The molecule has 20 heavy (non-hydrogen) atoms. The molecule has 2 nitrogen and oxygen atoms in total. The molecular weight excluding hydrogens is 248 g/mol. The normalized spacial score (nSPS) is 17.7. The van der Waals surface area contributed by atoms with Crippen molar-refractivity contribution < 1.29 is 9.90 Å². The first-order valence-corrected chi connectivity index (χ1v) is 7.91. The lowest BCUT2D eigenvalue weighted by Crippen LogP contribution is -2.34. The number of benzene rings is 1. The van der Waals surface area contributed by atoms with Crippen molar-refractivity contribution in [3.63, 3.8) is 0 Å². The molecule has 1 N–H and O–H groups in total. The average molecular weight is 274 g/mol. The van der Waals surface area contributed by atoms with Crippen LogP contribution in [0.3, 0.4) is 0 Å². The molecule has 2 heteroatoms. The van der Waals surface area contributed by atoms with Crippen molar-refractivity contribution in [3.8, 4) is 0 Å². The Hall–Kier alpha value is -1.31. The molecule has 1 aromatic rings. The molecule has 1 aliphatic rings. The first-order chi connectivity index (χ1) is 9.61. The quantitative estimate of drug-likeness (QED) is 0.797. The van der Waals surface area contributed by atoms with Gasteiger partial charge in [0.15, 0.2) is 0 Å². The summed E-state index contributed by atoms with van der Waals surface area (Å²) in [7, 11) is 0. The highest BCUT2D eigenvalue weighted by Gasteiger charge is 2.44. The fourth-order valence-corrected chi connectivity index (χ4v) is 3.57. The van der Waals surface area contributed by atoms with E-state index in [1.807, 2.05) is 12.1 Å². The average Bonchev–Trinajstić information content (AvgIpc) is 2.83. The third kappa shape index (κ3) is 3.05. The topological polar surface area (TPSA) is 37.3 Å². The van der Waals surface area contributed by atoms with Gasteiger partial charge in [0.2, 0.25) is 0 Å². The number of hydrogen-bond acceptors (Lipinski definition) is 1. The zero-order valence-corrected chi connectivity index (χ0v) is 12.7. The Balaban J connectivity index is 2.15. The van der Waals surface area contributed by atoms with Gasteiger partial charge in [0.05, 0.1) is 5.41 Å². The molecule has 2 rings (SSSR count). The van der Waals surface area contributed by atoms with E-state index in [0.29, 0.717) is 18.8 Å². The zero-order valence-electron chi connectivity index (χ0n) is 12.7. The maximum Gasteiger partial charge on any atom is 0.310 e. The van der Waals surface area contributed by atoms with E-state index in [9.17, 15) is 9.90 Å². The largest absolute Gasteiger partial charge is 0.481 e. The third-order valence-corrected chi connectivity index (χ3v) is 4.85. The van der Waals surface area contributed by atoms with Gasteiger partial charge < -0.3 is 5.11 Å². The summed E-state index contributed by atoms with van der Waals surface area (Å²) in [6.07, 6.45) is 6.90. The Bertz CT molecular complexity index is 439. The van der Waals surface area contributed by atoms with E-state index < -0.39 is 11.4 Å². The highest BCUT2D eigenvalue weighted by Crippen LogP contribution is 2.43. The minimum absolute atomic E-state index is 0.542. The highest BCUT2D eigenvalue weighted by molar-refractivity contribution is 5.77. The monoisotopic (exact) mass is 274 g/mol. The maximum absolute atomic E-state index is 11.9. The molecular formula is C18H26O2. The number of carbonyl (C=O) groups is 1. The Morgan fingerprint density at radius 2 is 1.85 bits per heavy atom. The van der Waals surface area contributed by atoms with E-state index in [1.165, 1.54) is 30.4 Å². The highest BCUT2D eigenvalue weighted by atomic mass is 16.4. The number of carboxylic acid groups (broad SMARTS) is 1. The number of carboxylic acids is 1. The van der Waals surface area contributed by atoms with E-state index in [1.54, 1.807) is 0 Å². The van der Waals surface area contributed by atoms with Gasteiger partial charge in [0.1, 0.15) is 0 Å². The van der Waals surface area contributed by atoms with Crippen LogP contribution in [0.5, 0.6) is 0 Å². The summed E-state index contributed by atoms with van der Waals surface area (Å²) in [5.41, 5.74) is 1.92. The predicted molar refractivity (Wildman–Crippen MR) is 81.8 cm³/mol. The van der Waals surface area contributed by atoms with Crippen LogP contribution in [-0.4, -0.2) is 11.1 Å². The maximum atomic E-state index is 11.9. The molecule has 0 saturated heterocycles. The van der Waals surface area contributed by atoms with Crippen molar-refractivity contribution in [1.82, 2.24) is 0 Å². The van der Waals surface area contributed by atoms with Crippen LogP contribution >= 0.6 is 0 Å². The minimum Gasteiger partial charge on any atom is -0.481 e. The third-order valence-electron chi connectivity index (χ3n) is 4.85. The molecule has 0 bridgehead atoms. The first kappa shape index (κ1) is 15.1. The van der Waals surface area contributed by atoms with E-state index in [0.717, 1.165) is 12.8 Å². The minimum atomic E-state index is -0.608. The predicted octanol–water partition coefficient (Wildman–Crippen LogP) is 4.46. The van der Waals surface area contributed by atoms with Crippen molar-refractivity contribution in [2.24, 2.45) is 11.3 Å². The Morgan fingerprint density at radius 1 is 1.25 bits per heavy atom. The van der Waals surface area contributed by atoms with Crippen LogP contribution in [0.1, 0.15) is 57.1 Å². The van der Waals surface area contributed by atoms with Gasteiger partial charge in [-0.15, -0.1) is 0 Å². The smallest absolute Gasteiger partial charge is 0.310 e. The molecule has 0 fully saturated rings. The van der Waals surface area contributed by atoms with Gasteiger partial charge in [-0.25, -0.2) is 0 Å². The van der Waals surface area contributed by atoms with Crippen LogP contribution < -0.4 is 0 Å². The van der Waals surface area contributed by atoms with E-state index in [2.05, 4.69) is 26.0 Å². The first-order valence-electron chi connectivity index (χ1n) is 7.91. The van der Waals surface area contributed by atoms with Crippen LogP contribution in [-0.2, 0) is 17.6 Å². The summed E-state index contributed by atoms with van der Waals surface area (Å²) < 4.78 is 0. The number of aliphatic carboxylic acids is 1. The summed E-state index contributed by atoms with van der Waals surface area (Å²) in [5, 5.41) is 9.81. The van der Waals surface area contributed by atoms with Crippen LogP contribution in [0.2, 0.25) is 0 Å². The number of hydrogen-bond donors (Lipinski definition) is 1. The molecule has 110 valence electrons. The standard InChI is InChI=1S/C18H26O2/c1-3-5-8-14(4-2)11-18(17(19)20)12-15-9-6-7-10-16(15)13-18/h6-7,9-10,14H,3-5,8,11-13H2,1-2H3,(H,19,20). The number of fused-ring (bicyclic) bond motifs is 1. The van der Waals surface area contributed by atoms with E-state index in [-0.39, 0.29) is 0 Å². The molecule has 0 radical (unpaired) electrons. The Morgan fingerprint density at radius 3 is 2.30 bits per heavy atom. The van der Waals surface area contributed by atoms with Gasteiger partial charge in [-0.2, -0.15) is 0 Å². The molecule has 0 heterocycles. The van der Waals surface area contributed by atoms with Crippen molar-refractivity contribution >= 4 is 5.97 Å². The summed E-state index contributed by atoms with van der Waals surface area (Å²) >= 11 is 0. The second kappa shape index (κ2) is 6.43. The lowest BCUT2D eigenvalue weighted by molar-refractivity contribution is -0.149. The lowest BCUT2D eigenvalue weighted by atomic mass is 9.74. The van der Waals surface area contributed by atoms with Crippen LogP contribution in [0.4, 0.5) is 0 Å².